The zero-order valence-corrected chi connectivity index (χ0v) is 29.0. The van der Waals surface area contributed by atoms with Gasteiger partial charge in [-0.2, -0.15) is 4.98 Å². The maximum absolute atomic E-state index is 12.3. The van der Waals surface area contributed by atoms with Crippen molar-refractivity contribution in [1.82, 2.24) is 24.8 Å². The molecule has 0 atom stereocenters. The molecule has 0 aliphatic carbocycles. The van der Waals surface area contributed by atoms with Crippen LogP contribution in [0.4, 0.5) is 38.7 Å². The minimum Gasteiger partial charge on any atom is -0.370 e. The Hall–Kier alpha value is -5.85. The average Bonchev–Trinajstić information content (AvgIpc) is 3.06. The first-order valence-corrected chi connectivity index (χ1v) is 16.4. The van der Waals surface area contributed by atoms with Gasteiger partial charge in [0.05, 0.1) is 0 Å². The van der Waals surface area contributed by atoms with E-state index >= 15 is 0 Å². The molecule has 12 nitrogen and oxygen atoms in total. The number of benzene rings is 4. The summed E-state index contributed by atoms with van der Waals surface area (Å²) in [4.78, 5) is 43.2. The molecule has 0 bridgehead atoms. The fourth-order valence-corrected chi connectivity index (χ4v) is 5.21. The normalized spacial score (nSPS) is 10.7. The highest BCUT2D eigenvalue weighted by Gasteiger charge is 2.09. The van der Waals surface area contributed by atoms with E-state index in [1.54, 1.807) is 13.0 Å². The van der Waals surface area contributed by atoms with E-state index in [2.05, 4.69) is 51.4 Å². The second kappa shape index (κ2) is 17.0. The number of rotatable bonds is 9. The highest BCUT2D eigenvalue weighted by molar-refractivity contribution is 6.29. The number of hydrogen-bond acceptors (Lipinski definition) is 8. The van der Waals surface area contributed by atoms with Gasteiger partial charge in [-0.3, -0.25) is 10.6 Å². The Morgan fingerprint density at radius 1 is 0.620 bits per heavy atom. The third-order valence-corrected chi connectivity index (χ3v) is 7.42. The van der Waals surface area contributed by atoms with Crippen molar-refractivity contribution in [2.75, 3.05) is 53.8 Å². The molecule has 4 amide bonds. The van der Waals surface area contributed by atoms with Crippen LogP contribution in [0.15, 0.2) is 97.1 Å². The summed E-state index contributed by atoms with van der Waals surface area (Å²) in [5, 5.41) is 18.8. The summed E-state index contributed by atoms with van der Waals surface area (Å²) in [5.41, 5.74) is 2.87. The number of hydrogen-bond donors (Lipinski definition) is 5. The number of nitrogens with zero attached hydrogens (tertiary/aromatic N) is 5. The molecule has 0 spiro atoms. The number of aryl methyl sites for hydroxylation is 2. The van der Waals surface area contributed by atoms with Gasteiger partial charge in [-0.1, -0.05) is 72.3 Å². The SMILES string of the molecule is Cc1cc(Cl)nc(NC(=O)Nc2ccc3ccccc3c2)n1.Cc1cc(NCCCN(C)C)nc(NC(=O)Nc2ccc3ccccc3c2)n1. The molecule has 0 fully saturated rings. The highest BCUT2D eigenvalue weighted by Crippen LogP contribution is 2.20. The molecule has 5 N–H and O–H groups in total. The van der Waals surface area contributed by atoms with Crippen molar-refractivity contribution in [2.24, 2.45) is 0 Å². The van der Waals surface area contributed by atoms with Gasteiger partial charge in [-0.25, -0.2) is 24.5 Å². The van der Waals surface area contributed by atoms with Gasteiger partial charge in [0.1, 0.15) is 11.0 Å². The minimum absolute atomic E-state index is 0.170. The monoisotopic (exact) mass is 690 g/mol. The number of aromatic nitrogens is 4. The Kier molecular flexibility index (Phi) is 12.1. The van der Waals surface area contributed by atoms with Crippen LogP contribution < -0.4 is 26.6 Å². The molecule has 0 unspecified atom stereocenters. The smallest absolute Gasteiger partial charge is 0.326 e. The van der Waals surface area contributed by atoms with Gasteiger partial charge in [-0.05, 0) is 92.8 Å². The van der Waals surface area contributed by atoms with Crippen molar-refractivity contribution >= 4 is 74.3 Å². The highest BCUT2D eigenvalue weighted by atomic mass is 35.5. The van der Waals surface area contributed by atoms with E-state index < -0.39 is 6.03 Å². The lowest BCUT2D eigenvalue weighted by atomic mass is 10.1. The van der Waals surface area contributed by atoms with Crippen molar-refractivity contribution in [1.29, 1.82) is 0 Å². The number of urea groups is 2. The minimum atomic E-state index is -0.419. The molecule has 0 aliphatic rings. The molecule has 2 heterocycles. The predicted molar refractivity (Wildman–Crippen MR) is 203 cm³/mol. The van der Waals surface area contributed by atoms with E-state index in [9.17, 15) is 9.59 Å². The molecular weight excluding hydrogens is 652 g/mol. The van der Waals surface area contributed by atoms with E-state index in [4.69, 9.17) is 11.6 Å². The van der Waals surface area contributed by atoms with Crippen molar-refractivity contribution in [3.8, 4) is 0 Å². The lowest BCUT2D eigenvalue weighted by Gasteiger charge is -2.12. The van der Waals surface area contributed by atoms with Crippen LogP contribution in [-0.4, -0.2) is 64.1 Å². The van der Waals surface area contributed by atoms with Gasteiger partial charge in [0, 0.05) is 35.4 Å². The summed E-state index contributed by atoms with van der Waals surface area (Å²) in [5.74, 6) is 1.14. The standard InChI is InChI=1S/C21H26N6O.C16H13ClN4O/c1-15-13-19(22-11-6-12-27(2)3)25-20(23-15)26-21(28)24-18-10-9-16-7-4-5-8-17(16)14-18;1-10-8-14(17)20-15(18-10)21-16(22)19-13-7-6-11-4-2-3-5-12(11)9-13/h4-5,7-10,13-14H,6,11-12H2,1-3H3,(H3,22,23,24,25,26,28);2-9H,1H3,(H2,18,19,20,21,22). The third kappa shape index (κ3) is 10.8. The Morgan fingerprint density at radius 2 is 1.12 bits per heavy atom. The van der Waals surface area contributed by atoms with Crippen LogP contribution in [-0.2, 0) is 0 Å². The summed E-state index contributed by atoms with van der Waals surface area (Å²) in [6.45, 7) is 5.45. The van der Waals surface area contributed by atoms with Gasteiger partial charge in [0.15, 0.2) is 0 Å². The molecular formula is C37H39ClN10O2. The fourth-order valence-electron chi connectivity index (χ4n) is 4.97. The summed E-state index contributed by atoms with van der Waals surface area (Å²) in [6, 6.07) is 30.1. The first-order chi connectivity index (χ1) is 24.1. The van der Waals surface area contributed by atoms with E-state index in [0.717, 1.165) is 46.7 Å². The molecule has 6 rings (SSSR count). The Bertz CT molecular complexity index is 2090. The largest absolute Gasteiger partial charge is 0.370 e. The summed E-state index contributed by atoms with van der Waals surface area (Å²) in [7, 11) is 4.09. The number of fused-ring (bicyclic) bond motifs is 2. The zero-order valence-electron chi connectivity index (χ0n) is 28.3. The van der Waals surface area contributed by atoms with Crippen LogP contribution in [0.3, 0.4) is 0 Å². The molecule has 0 radical (unpaired) electrons. The maximum Gasteiger partial charge on any atom is 0.326 e. The number of halogens is 1. The Balaban J connectivity index is 0.000000200. The number of carbonyl (C=O) groups is 2. The molecule has 0 saturated carbocycles. The summed E-state index contributed by atoms with van der Waals surface area (Å²) in [6.07, 6.45) is 1.00. The third-order valence-electron chi connectivity index (χ3n) is 7.23. The summed E-state index contributed by atoms with van der Waals surface area (Å²) >= 11 is 5.84. The van der Waals surface area contributed by atoms with Gasteiger partial charge < -0.3 is 20.9 Å². The summed E-state index contributed by atoms with van der Waals surface area (Å²) < 4.78 is 0. The predicted octanol–water partition coefficient (Wildman–Crippen LogP) is 8.18. The van der Waals surface area contributed by atoms with E-state index in [0.29, 0.717) is 22.9 Å². The van der Waals surface area contributed by atoms with Crippen molar-refractivity contribution < 1.29 is 9.59 Å². The van der Waals surface area contributed by atoms with E-state index in [1.165, 1.54) is 0 Å². The number of anilines is 5. The van der Waals surface area contributed by atoms with Crippen molar-refractivity contribution in [3.63, 3.8) is 0 Å². The molecule has 13 heteroatoms. The van der Waals surface area contributed by atoms with Gasteiger partial charge >= 0.3 is 12.1 Å². The first-order valence-electron chi connectivity index (χ1n) is 16.0. The molecule has 0 saturated heterocycles. The lowest BCUT2D eigenvalue weighted by molar-refractivity contribution is 0.261. The molecule has 256 valence electrons. The number of amides is 4. The molecule has 0 aliphatic heterocycles. The van der Waals surface area contributed by atoms with Crippen LogP contribution >= 0.6 is 11.6 Å². The van der Waals surface area contributed by atoms with Crippen LogP contribution in [0.25, 0.3) is 21.5 Å². The van der Waals surface area contributed by atoms with Crippen LogP contribution in [0.5, 0.6) is 0 Å². The zero-order chi connectivity index (χ0) is 35.5. The maximum atomic E-state index is 12.3. The first kappa shape index (κ1) is 35.5. The van der Waals surface area contributed by atoms with Gasteiger partial charge in [0.2, 0.25) is 11.9 Å². The Labute approximate surface area is 295 Å². The van der Waals surface area contributed by atoms with Crippen LogP contribution in [0.1, 0.15) is 17.8 Å². The van der Waals surface area contributed by atoms with Crippen molar-refractivity contribution in [3.05, 3.63) is 114 Å². The second-order valence-electron chi connectivity index (χ2n) is 11.7. The molecule has 50 heavy (non-hydrogen) atoms. The number of nitrogens with one attached hydrogen (secondary N) is 5. The topological polar surface area (TPSA) is 149 Å². The molecule has 4 aromatic carbocycles. The Morgan fingerprint density at radius 3 is 1.64 bits per heavy atom. The fraction of sp³-hybridized carbons (Fsp3) is 0.189. The average molecular weight is 691 g/mol. The van der Waals surface area contributed by atoms with E-state index in [1.807, 2.05) is 112 Å². The quantitative estimate of drug-likeness (QED) is 0.0753. The van der Waals surface area contributed by atoms with Crippen molar-refractivity contribution in [2.45, 2.75) is 20.3 Å². The number of carbonyl (C=O) groups excluding carboxylic acids is 2. The molecule has 2 aromatic heterocycles. The van der Waals surface area contributed by atoms with Gasteiger partial charge in [0.25, 0.3) is 0 Å². The molecule has 6 aromatic rings. The van der Waals surface area contributed by atoms with Crippen LogP contribution in [0, 0.1) is 13.8 Å². The van der Waals surface area contributed by atoms with E-state index in [-0.39, 0.29) is 23.1 Å². The second-order valence-corrected chi connectivity index (χ2v) is 12.1. The van der Waals surface area contributed by atoms with Crippen LogP contribution in [0.2, 0.25) is 5.15 Å². The van der Waals surface area contributed by atoms with Gasteiger partial charge in [-0.15, -0.1) is 0 Å². The lowest BCUT2D eigenvalue weighted by Crippen LogP contribution is -2.21.